The first-order valence-corrected chi connectivity index (χ1v) is 18.1. The molecule has 240 valence electrons. The van der Waals surface area contributed by atoms with Crippen molar-refractivity contribution in [2.75, 3.05) is 0 Å². The van der Waals surface area contributed by atoms with Crippen LogP contribution in [0.15, 0.2) is 194 Å². The number of rotatable bonds is 4. The standard InChI is InChI=1S/C52H32/c1-3-17-33(18-4-1)35-21-7-11-25-39(35)47-41-27-13-9-23-37(41)43-29-16-32-46-49(43)51(47)45-31-15-30-44-38-24-10-14-28-42(38)48(52(46)50(44)45)40-26-12-8-22-36(40)34-19-5-2-6-20-34/h1-32H. The molecule has 0 nitrogen and oxygen atoms in total. The van der Waals surface area contributed by atoms with E-state index in [0.29, 0.717) is 0 Å². The lowest BCUT2D eigenvalue weighted by molar-refractivity contribution is 1.61. The summed E-state index contributed by atoms with van der Waals surface area (Å²) in [6, 6.07) is 71.7. The monoisotopic (exact) mass is 656 g/mol. The minimum absolute atomic E-state index is 1.22. The summed E-state index contributed by atoms with van der Waals surface area (Å²) in [7, 11) is 0. The van der Waals surface area contributed by atoms with E-state index in [0.717, 1.165) is 0 Å². The number of hydrogen-bond acceptors (Lipinski definition) is 0. The van der Waals surface area contributed by atoms with Crippen LogP contribution in [0.5, 0.6) is 0 Å². The van der Waals surface area contributed by atoms with Crippen LogP contribution in [0, 0.1) is 0 Å². The molecule has 0 bridgehead atoms. The van der Waals surface area contributed by atoms with Gasteiger partial charge in [-0.2, -0.15) is 0 Å². The van der Waals surface area contributed by atoms with Gasteiger partial charge in [-0.3, -0.25) is 0 Å². The minimum Gasteiger partial charge on any atom is -0.0622 e. The topological polar surface area (TPSA) is 0 Å². The van der Waals surface area contributed by atoms with Crippen LogP contribution in [0.4, 0.5) is 0 Å². The van der Waals surface area contributed by atoms with Gasteiger partial charge in [0.25, 0.3) is 0 Å². The molecule has 0 aliphatic carbocycles. The molecule has 0 amide bonds. The predicted octanol–water partition coefficient (Wildman–Crippen LogP) is 14.7. The van der Waals surface area contributed by atoms with E-state index in [4.69, 9.17) is 0 Å². The van der Waals surface area contributed by atoms with Crippen molar-refractivity contribution in [2.24, 2.45) is 0 Å². The number of fused-ring (bicyclic) bond motifs is 6. The van der Waals surface area contributed by atoms with Crippen molar-refractivity contribution >= 4 is 64.6 Å². The average molecular weight is 657 g/mol. The van der Waals surface area contributed by atoms with Crippen LogP contribution in [0.25, 0.3) is 109 Å². The molecule has 0 fully saturated rings. The van der Waals surface area contributed by atoms with Crippen molar-refractivity contribution in [3.63, 3.8) is 0 Å². The average Bonchev–Trinajstić information content (AvgIpc) is 3.23. The van der Waals surface area contributed by atoms with Crippen molar-refractivity contribution < 1.29 is 0 Å². The summed E-state index contributed by atoms with van der Waals surface area (Å²) in [6.07, 6.45) is 0. The van der Waals surface area contributed by atoms with Gasteiger partial charge in [-0.15, -0.1) is 0 Å². The van der Waals surface area contributed by atoms with Crippen LogP contribution in [0.1, 0.15) is 0 Å². The lowest BCUT2D eigenvalue weighted by Gasteiger charge is -2.24. The van der Waals surface area contributed by atoms with Crippen molar-refractivity contribution in [2.45, 2.75) is 0 Å². The zero-order valence-corrected chi connectivity index (χ0v) is 28.5. The molecule has 0 heteroatoms. The maximum atomic E-state index is 2.38. The van der Waals surface area contributed by atoms with E-state index in [9.17, 15) is 0 Å². The second-order valence-electron chi connectivity index (χ2n) is 13.9. The van der Waals surface area contributed by atoms with Gasteiger partial charge in [0.1, 0.15) is 0 Å². The Morgan fingerprint density at radius 2 is 0.481 bits per heavy atom. The van der Waals surface area contributed by atoms with Crippen LogP contribution in [0.2, 0.25) is 0 Å². The largest absolute Gasteiger partial charge is 0.0622 e. The van der Waals surface area contributed by atoms with E-state index in [-0.39, 0.29) is 0 Å². The van der Waals surface area contributed by atoms with E-state index >= 15 is 0 Å². The first-order chi connectivity index (χ1) is 25.9. The maximum Gasteiger partial charge on any atom is -0.000741 e. The molecule has 11 rings (SSSR count). The fraction of sp³-hybridized carbons (Fsp3) is 0. The number of hydrogen-bond donors (Lipinski definition) is 0. The lowest BCUT2D eigenvalue weighted by Crippen LogP contribution is -1.96. The van der Waals surface area contributed by atoms with Crippen LogP contribution in [0.3, 0.4) is 0 Å². The summed E-state index contributed by atoms with van der Waals surface area (Å²) in [4.78, 5) is 0. The Balaban J connectivity index is 1.42. The summed E-state index contributed by atoms with van der Waals surface area (Å²) in [5.41, 5.74) is 10.1. The fourth-order valence-electron chi connectivity index (χ4n) is 9.14. The zero-order valence-electron chi connectivity index (χ0n) is 28.5. The van der Waals surface area contributed by atoms with Gasteiger partial charge >= 0.3 is 0 Å². The molecule has 0 radical (unpaired) electrons. The van der Waals surface area contributed by atoms with Gasteiger partial charge in [0.05, 0.1) is 0 Å². The van der Waals surface area contributed by atoms with Gasteiger partial charge in [-0.25, -0.2) is 0 Å². The second kappa shape index (κ2) is 11.4. The Bertz CT molecular complexity index is 2940. The molecule has 11 aromatic rings. The highest BCUT2D eigenvalue weighted by Gasteiger charge is 2.25. The van der Waals surface area contributed by atoms with E-state index in [2.05, 4.69) is 194 Å². The van der Waals surface area contributed by atoms with Gasteiger partial charge in [0.15, 0.2) is 0 Å². The predicted molar refractivity (Wildman–Crippen MR) is 224 cm³/mol. The van der Waals surface area contributed by atoms with Crippen LogP contribution in [-0.4, -0.2) is 0 Å². The molecule has 0 aliphatic rings. The van der Waals surface area contributed by atoms with Crippen molar-refractivity contribution in [3.05, 3.63) is 194 Å². The molecule has 0 saturated heterocycles. The molecule has 0 spiro atoms. The van der Waals surface area contributed by atoms with E-state index in [1.54, 1.807) is 0 Å². The Morgan fingerprint density at radius 3 is 0.904 bits per heavy atom. The molecule has 0 heterocycles. The molecule has 0 unspecified atom stereocenters. The molecule has 0 aliphatic heterocycles. The maximum absolute atomic E-state index is 2.38. The van der Waals surface area contributed by atoms with Crippen molar-refractivity contribution in [1.29, 1.82) is 0 Å². The van der Waals surface area contributed by atoms with E-state index < -0.39 is 0 Å². The Labute approximate surface area is 302 Å². The Kier molecular flexibility index (Phi) is 6.35. The van der Waals surface area contributed by atoms with E-state index in [1.807, 2.05) is 0 Å². The van der Waals surface area contributed by atoms with Gasteiger partial charge < -0.3 is 0 Å². The molecule has 0 N–H and O–H groups in total. The Hall–Kier alpha value is -6.76. The van der Waals surface area contributed by atoms with Gasteiger partial charge in [0, 0.05) is 0 Å². The number of benzene rings is 11. The third-order valence-electron chi connectivity index (χ3n) is 11.2. The summed E-state index contributed by atoms with van der Waals surface area (Å²) >= 11 is 0. The smallest absolute Gasteiger partial charge is 0.000741 e. The van der Waals surface area contributed by atoms with Gasteiger partial charge in [0.2, 0.25) is 0 Å². The van der Waals surface area contributed by atoms with Crippen molar-refractivity contribution in [1.82, 2.24) is 0 Å². The third kappa shape index (κ3) is 4.10. The fourth-order valence-corrected chi connectivity index (χ4v) is 9.14. The van der Waals surface area contributed by atoms with Gasteiger partial charge in [-0.1, -0.05) is 194 Å². The minimum atomic E-state index is 1.22. The zero-order chi connectivity index (χ0) is 34.2. The van der Waals surface area contributed by atoms with Crippen LogP contribution >= 0.6 is 0 Å². The third-order valence-corrected chi connectivity index (χ3v) is 11.2. The summed E-state index contributed by atoms with van der Waals surface area (Å²) in [5, 5.41) is 15.6. The highest BCUT2D eigenvalue weighted by Crippen LogP contribution is 2.53. The first-order valence-electron chi connectivity index (χ1n) is 18.1. The first kappa shape index (κ1) is 29.0. The highest BCUT2D eigenvalue weighted by molar-refractivity contribution is 6.44. The summed E-state index contributed by atoms with van der Waals surface area (Å²) in [5.74, 6) is 0. The molecular weight excluding hydrogens is 625 g/mol. The normalized spacial score (nSPS) is 11.8. The molecule has 52 heavy (non-hydrogen) atoms. The quantitative estimate of drug-likeness (QED) is 0.131. The molecular formula is C52H32. The molecule has 0 aromatic heterocycles. The Morgan fingerprint density at radius 1 is 0.173 bits per heavy atom. The highest BCUT2D eigenvalue weighted by atomic mass is 14.3. The van der Waals surface area contributed by atoms with Crippen LogP contribution < -0.4 is 0 Å². The van der Waals surface area contributed by atoms with E-state index in [1.165, 1.54) is 109 Å². The summed E-state index contributed by atoms with van der Waals surface area (Å²) in [6.45, 7) is 0. The SMILES string of the molecule is c1ccc(-c2ccccc2-c2c3ccccc3c3cccc4c5c(-c6ccccc6-c6ccccc6)c6ccccc6c6cccc(c2c34)c65)cc1. The molecule has 0 atom stereocenters. The lowest BCUT2D eigenvalue weighted by atomic mass is 9.78. The molecule has 11 aromatic carbocycles. The van der Waals surface area contributed by atoms with Gasteiger partial charge in [-0.05, 0) is 109 Å². The van der Waals surface area contributed by atoms with Crippen molar-refractivity contribution in [3.8, 4) is 44.5 Å². The van der Waals surface area contributed by atoms with Crippen LogP contribution in [-0.2, 0) is 0 Å². The summed E-state index contributed by atoms with van der Waals surface area (Å²) < 4.78 is 0. The second-order valence-corrected chi connectivity index (χ2v) is 13.9. The molecule has 0 saturated carbocycles.